The third kappa shape index (κ3) is 2.20. The molecule has 0 bridgehead atoms. The van der Waals surface area contributed by atoms with E-state index in [1.54, 1.807) is 42.5 Å². The molecule has 0 unspecified atom stereocenters. The maximum atomic E-state index is 11.9. The zero-order valence-corrected chi connectivity index (χ0v) is 12.4. The Balaban J connectivity index is 1.88. The number of carbonyl (C=O) groups is 1. The Labute approximate surface area is 134 Å². The minimum Gasteiger partial charge on any atom is -0.493 e. The van der Waals surface area contributed by atoms with E-state index in [9.17, 15) is 9.90 Å². The van der Waals surface area contributed by atoms with Crippen LogP contribution in [0.2, 0.25) is 5.02 Å². The smallest absolute Gasteiger partial charge is 0.298 e. The number of nitrogens with zero attached hydrogens (tertiary/aromatic N) is 3. The van der Waals surface area contributed by atoms with Gasteiger partial charge in [0.25, 0.3) is 5.91 Å². The third-order valence-electron chi connectivity index (χ3n) is 3.55. The van der Waals surface area contributed by atoms with Crippen LogP contribution in [-0.2, 0) is 4.79 Å². The molecule has 2 N–H and O–H groups in total. The van der Waals surface area contributed by atoms with Crippen molar-refractivity contribution in [3.05, 3.63) is 58.1 Å². The van der Waals surface area contributed by atoms with Crippen molar-refractivity contribution in [1.82, 2.24) is 4.98 Å². The fourth-order valence-electron chi connectivity index (χ4n) is 2.48. The van der Waals surface area contributed by atoms with Crippen LogP contribution >= 0.6 is 11.6 Å². The van der Waals surface area contributed by atoms with Crippen molar-refractivity contribution in [2.45, 2.75) is 0 Å². The molecule has 6 nitrogen and oxygen atoms in total. The summed E-state index contributed by atoms with van der Waals surface area (Å²) >= 11 is 5.98. The average Bonchev–Trinajstić information content (AvgIpc) is 3.01. The van der Waals surface area contributed by atoms with Gasteiger partial charge in [0.2, 0.25) is 5.88 Å². The molecule has 0 spiro atoms. The molecule has 1 aromatic heterocycles. The lowest BCUT2D eigenvalue weighted by Crippen LogP contribution is -2.21. The maximum absolute atomic E-state index is 11.9. The van der Waals surface area contributed by atoms with Gasteiger partial charge in [0, 0.05) is 15.6 Å². The molecule has 0 aliphatic carbocycles. The second-order valence-electron chi connectivity index (χ2n) is 4.99. The normalized spacial score (nSPS) is 13.8. The highest BCUT2D eigenvalue weighted by Crippen LogP contribution is 2.37. The Kier molecular flexibility index (Phi) is 2.99. The summed E-state index contributed by atoms with van der Waals surface area (Å²) in [4.78, 5) is 18.6. The Morgan fingerprint density at radius 2 is 1.96 bits per heavy atom. The van der Waals surface area contributed by atoms with Crippen molar-refractivity contribution in [3.63, 3.8) is 0 Å². The molecule has 0 saturated carbocycles. The van der Waals surface area contributed by atoms with Crippen LogP contribution < -0.4 is 10.6 Å². The molecule has 0 fully saturated rings. The zero-order chi connectivity index (χ0) is 16.0. The number of hydrogen-bond donors (Lipinski definition) is 2. The first kappa shape index (κ1) is 13.7. The number of para-hydroxylation sites is 1. The van der Waals surface area contributed by atoms with Gasteiger partial charge >= 0.3 is 0 Å². The molecule has 112 valence electrons. The molecule has 23 heavy (non-hydrogen) atoms. The van der Waals surface area contributed by atoms with Crippen LogP contribution in [0.15, 0.2) is 57.7 Å². The molecular weight excluding hydrogens is 316 g/mol. The molecule has 1 aliphatic rings. The molecule has 0 radical (unpaired) electrons. The highest BCUT2D eigenvalue weighted by molar-refractivity contribution is 6.31. The van der Waals surface area contributed by atoms with Crippen molar-refractivity contribution in [3.8, 4) is 5.88 Å². The van der Waals surface area contributed by atoms with Gasteiger partial charge in [-0.2, -0.15) is 0 Å². The summed E-state index contributed by atoms with van der Waals surface area (Å²) in [6.07, 6.45) is 0. The van der Waals surface area contributed by atoms with Crippen molar-refractivity contribution in [2.75, 3.05) is 0 Å². The monoisotopic (exact) mass is 324 g/mol. The van der Waals surface area contributed by atoms with E-state index in [-0.39, 0.29) is 17.3 Å². The molecule has 2 aromatic carbocycles. The fourth-order valence-corrected chi connectivity index (χ4v) is 2.65. The Morgan fingerprint density at radius 1 is 1.13 bits per heavy atom. The molecule has 3 aromatic rings. The number of fused-ring (bicyclic) bond motifs is 2. The highest BCUT2D eigenvalue weighted by atomic mass is 35.5. The van der Waals surface area contributed by atoms with Crippen LogP contribution in [0.1, 0.15) is 0 Å². The molecular formula is C16H9ClN4O2. The lowest BCUT2D eigenvalue weighted by molar-refractivity contribution is -0.112. The van der Waals surface area contributed by atoms with Gasteiger partial charge in [0.1, 0.15) is 0 Å². The van der Waals surface area contributed by atoms with E-state index >= 15 is 0 Å². The minimum absolute atomic E-state index is 0.137. The van der Waals surface area contributed by atoms with Crippen molar-refractivity contribution in [2.24, 2.45) is 15.2 Å². The van der Waals surface area contributed by atoms with Gasteiger partial charge in [-0.15, -0.1) is 10.2 Å². The molecule has 0 saturated heterocycles. The van der Waals surface area contributed by atoms with Gasteiger partial charge in [-0.05, 0) is 24.3 Å². The van der Waals surface area contributed by atoms with Crippen molar-refractivity contribution >= 4 is 39.8 Å². The van der Waals surface area contributed by atoms with E-state index in [0.29, 0.717) is 26.5 Å². The van der Waals surface area contributed by atoms with Crippen LogP contribution in [0, 0.1) is 0 Å². The van der Waals surface area contributed by atoms with E-state index in [1.165, 1.54) is 0 Å². The predicted molar refractivity (Wildman–Crippen MR) is 85.1 cm³/mol. The number of aromatic hydroxyl groups is 1. The molecule has 1 aliphatic heterocycles. The molecule has 0 atom stereocenters. The summed E-state index contributed by atoms with van der Waals surface area (Å²) in [5.41, 5.74) is 1.05. The number of aromatic nitrogens is 1. The van der Waals surface area contributed by atoms with Crippen molar-refractivity contribution in [1.29, 1.82) is 0 Å². The summed E-state index contributed by atoms with van der Waals surface area (Å²) in [7, 11) is 0. The van der Waals surface area contributed by atoms with Gasteiger partial charge in [-0.25, -0.2) is 4.99 Å². The summed E-state index contributed by atoms with van der Waals surface area (Å²) in [5, 5.41) is 20.4. The van der Waals surface area contributed by atoms with Gasteiger partial charge in [-0.3, -0.25) is 4.79 Å². The highest BCUT2D eigenvalue weighted by Gasteiger charge is 2.17. The predicted octanol–water partition coefficient (Wildman–Crippen LogP) is 2.58. The lowest BCUT2D eigenvalue weighted by atomic mass is 10.2. The number of azo groups is 1. The summed E-state index contributed by atoms with van der Waals surface area (Å²) in [5.74, 6) is -0.588. The number of amides is 1. The Morgan fingerprint density at radius 3 is 2.83 bits per heavy atom. The van der Waals surface area contributed by atoms with Crippen molar-refractivity contribution < 1.29 is 9.90 Å². The first-order chi connectivity index (χ1) is 11.1. The number of hydrogen-bond acceptors (Lipinski definition) is 4. The second-order valence-corrected chi connectivity index (χ2v) is 5.43. The first-order valence-corrected chi connectivity index (χ1v) is 7.15. The first-order valence-electron chi connectivity index (χ1n) is 6.78. The van der Waals surface area contributed by atoms with Gasteiger partial charge in [-0.1, -0.05) is 29.8 Å². The van der Waals surface area contributed by atoms with E-state index in [4.69, 9.17) is 11.6 Å². The largest absolute Gasteiger partial charge is 0.493 e. The van der Waals surface area contributed by atoms with E-state index < -0.39 is 5.91 Å². The molecule has 4 rings (SSSR count). The van der Waals surface area contributed by atoms with Gasteiger partial charge < -0.3 is 10.1 Å². The van der Waals surface area contributed by atoms with E-state index in [2.05, 4.69) is 20.2 Å². The van der Waals surface area contributed by atoms with E-state index in [1.807, 2.05) is 0 Å². The third-order valence-corrected chi connectivity index (χ3v) is 3.78. The van der Waals surface area contributed by atoms with Crippen LogP contribution in [0.25, 0.3) is 16.6 Å². The number of aromatic amines is 1. The Bertz CT molecular complexity index is 1110. The topological polar surface area (TPSA) is 90.2 Å². The molecule has 7 heteroatoms. The summed E-state index contributed by atoms with van der Waals surface area (Å²) < 4.78 is 0. The summed E-state index contributed by atoms with van der Waals surface area (Å²) in [6.45, 7) is 0. The fraction of sp³-hybridized carbons (Fsp3) is 0. The SMILES string of the molecule is O=C1N=c2ccccc2=C1N=Nc1c(O)[nH]c2ccc(Cl)cc12. The standard InChI is InChI=1S/C16H9ClN4O2/c17-8-5-6-12-10(7-8)14(16(23)19-12)21-20-13-9-3-1-2-4-11(9)18-15(13)22/h1-7,19,23H. The number of rotatable bonds is 2. The number of halogens is 1. The Hall–Kier alpha value is -2.99. The van der Waals surface area contributed by atoms with Gasteiger partial charge in [0.15, 0.2) is 11.4 Å². The van der Waals surface area contributed by atoms with Crippen LogP contribution in [-0.4, -0.2) is 16.0 Å². The van der Waals surface area contributed by atoms with Crippen LogP contribution in [0.4, 0.5) is 5.69 Å². The average molecular weight is 325 g/mol. The lowest BCUT2D eigenvalue weighted by Gasteiger charge is -1.93. The number of carbonyl (C=O) groups excluding carboxylic acids is 1. The number of benzene rings is 2. The molecule has 2 heterocycles. The number of H-pyrrole nitrogens is 1. The summed E-state index contributed by atoms with van der Waals surface area (Å²) in [6, 6.07) is 12.2. The molecule has 1 amide bonds. The van der Waals surface area contributed by atoms with Crippen LogP contribution in [0.3, 0.4) is 0 Å². The zero-order valence-electron chi connectivity index (χ0n) is 11.6. The van der Waals surface area contributed by atoms with Crippen LogP contribution in [0.5, 0.6) is 5.88 Å². The van der Waals surface area contributed by atoms with Gasteiger partial charge in [0.05, 0.1) is 10.9 Å². The number of nitrogens with one attached hydrogen (secondary N) is 1. The minimum atomic E-state index is -0.452. The van der Waals surface area contributed by atoms with E-state index in [0.717, 1.165) is 0 Å². The quantitative estimate of drug-likeness (QED) is 0.709. The second kappa shape index (κ2) is 5.03. The maximum Gasteiger partial charge on any atom is 0.298 e.